The number of rotatable bonds is 1. The fourth-order valence-corrected chi connectivity index (χ4v) is 4.18. The second-order valence-electron chi connectivity index (χ2n) is 7.28. The molecule has 128 valence electrons. The number of aromatic nitrogens is 2. The number of hydrogen-bond donors (Lipinski definition) is 0. The number of hydrogen-bond acceptors (Lipinski definition) is 3. The molecule has 26 heavy (non-hydrogen) atoms. The van der Waals surface area contributed by atoms with Gasteiger partial charge in [0, 0.05) is 41.3 Å². The molecule has 0 saturated heterocycles. The second kappa shape index (κ2) is 4.94. The van der Waals surface area contributed by atoms with E-state index in [1.54, 1.807) is 4.40 Å². The van der Waals surface area contributed by atoms with Gasteiger partial charge >= 0.3 is 0 Å². The van der Waals surface area contributed by atoms with Crippen LogP contribution in [0.4, 0.5) is 5.69 Å². The minimum atomic E-state index is 0.00139. The molecule has 4 heteroatoms. The molecule has 0 radical (unpaired) electrons. The first-order valence-electron chi connectivity index (χ1n) is 8.75. The molecule has 0 unspecified atom stereocenters. The zero-order chi connectivity index (χ0) is 18.2. The molecule has 0 bridgehead atoms. The lowest BCUT2D eigenvalue weighted by molar-refractivity contribution is 1.14. The Kier molecular flexibility index (Phi) is 2.88. The highest BCUT2D eigenvalue weighted by atomic mass is 16.1. The normalized spacial score (nSPS) is 12.0. The van der Waals surface area contributed by atoms with Gasteiger partial charge in [0.25, 0.3) is 5.56 Å². The van der Waals surface area contributed by atoms with E-state index >= 15 is 0 Å². The molecule has 2 heterocycles. The maximum absolute atomic E-state index is 13.4. The summed E-state index contributed by atoms with van der Waals surface area (Å²) in [5.41, 5.74) is 5.88. The molecule has 0 amide bonds. The van der Waals surface area contributed by atoms with Crippen LogP contribution >= 0.6 is 0 Å². The molecule has 2 aromatic heterocycles. The summed E-state index contributed by atoms with van der Waals surface area (Å²) in [4.78, 5) is 20.3. The van der Waals surface area contributed by atoms with E-state index in [-0.39, 0.29) is 5.56 Å². The minimum Gasteiger partial charge on any atom is -0.377 e. The SMILES string of the molecule is Cc1cc(C)c2nc3c4cccc5c(N(C)C)ccc(c(=O)n3c2c1)c54. The van der Waals surface area contributed by atoms with E-state index < -0.39 is 0 Å². The molecule has 0 aliphatic heterocycles. The zero-order valence-corrected chi connectivity index (χ0v) is 15.3. The number of anilines is 1. The van der Waals surface area contributed by atoms with Gasteiger partial charge in [-0.05, 0) is 43.2 Å². The summed E-state index contributed by atoms with van der Waals surface area (Å²) in [6.07, 6.45) is 0. The van der Waals surface area contributed by atoms with Crippen LogP contribution < -0.4 is 10.5 Å². The van der Waals surface area contributed by atoms with E-state index in [0.717, 1.165) is 55.0 Å². The van der Waals surface area contributed by atoms with Gasteiger partial charge in [0.05, 0.1) is 11.0 Å². The lowest BCUT2D eigenvalue weighted by Crippen LogP contribution is -2.15. The molecule has 0 aliphatic rings. The van der Waals surface area contributed by atoms with Crippen molar-refractivity contribution in [1.29, 1.82) is 0 Å². The Balaban J connectivity index is 2.14. The van der Waals surface area contributed by atoms with Gasteiger partial charge in [0.1, 0.15) is 5.65 Å². The number of pyridine rings is 1. The first-order chi connectivity index (χ1) is 12.5. The zero-order valence-electron chi connectivity index (χ0n) is 15.3. The maximum Gasteiger partial charge on any atom is 0.264 e. The molecule has 4 nitrogen and oxygen atoms in total. The number of aryl methyl sites for hydroxylation is 2. The minimum absolute atomic E-state index is 0.00139. The molecule has 0 saturated carbocycles. The molecule has 3 aromatic carbocycles. The van der Waals surface area contributed by atoms with Gasteiger partial charge in [0.2, 0.25) is 0 Å². The van der Waals surface area contributed by atoms with E-state index in [9.17, 15) is 4.79 Å². The monoisotopic (exact) mass is 341 g/mol. The number of nitrogens with zero attached hydrogens (tertiary/aromatic N) is 3. The third kappa shape index (κ3) is 1.79. The van der Waals surface area contributed by atoms with E-state index in [1.807, 2.05) is 32.3 Å². The van der Waals surface area contributed by atoms with Crippen LogP contribution in [0, 0.1) is 13.8 Å². The molecule has 0 spiro atoms. The summed E-state index contributed by atoms with van der Waals surface area (Å²) < 4.78 is 1.78. The number of fused-ring (bicyclic) bond motifs is 4. The largest absolute Gasteiger partial charge is 0.377 e. The Morgan fingerprint density at radius 2 is 1.73 bits per heavy atom. The van der Waals surface area contributed by atoms with E-state index in [1.165, 1.54) is 0 Å². The number of benzene rings is 3. The summed E-state index contributed by atoms with van der Waals surface area (Å²) in [5, 5.41) is 3.85. The van der Waals surface area contributed by atoms with Crippen molar-refractivity contribution in [3.8, 4) is 0 Å². The standard InChI is InChI=1S/C22H19N3O/c1-12-10-13(2)20-18(11-12)25-21(23-20)15-7-5-6-14-17(24(3)4)9-8-16(19(14)15)22(25)26/h5-11H,1-4H3. The number of imidazole rings is 1. The van der Waals surface area contributed by atoms with Crippen molar-refractivity contribution in [1.82, 2.24) is 9.38 Å². The van der Waals surface area contributed by atoms with Crippen LogP contribution in [0.1, 0.15) is 11.1 Å². The molecule has 5 aromatic rings. The van der Waals surface area contributed by atoms with Crippen LogP contribution in [0.3, 0.4) is 0 Å². The van der Waals surface area contributed by atoms with Gasteiger partial charge < -0.3 is 4.90 Å². The van der Waals surface area contributed by atoms with E-state index in [2.05, 4.69) is 43.0 Å². The maximum atomic E-state index is 13.4. The quantitative estimate of drug-likeness (QED) is 0.457. The summed E-state index contributed by atoms with van der Waals surface area (Å²) in [5.74, 6) is 0. The van der Waals surface area contributed by atoms with Gasteiger partial charge in [-0.25, -0.2) is 4.98 Å². The van der Waals surface area contributed by atoms with Crippen molar-refractivity contribution < 1.29 is 0 Å². The van der Waals surface area contributed by atoms with Crippen molar-refractivity contribution in [2.75, 3.05) is 19.0 Å². The van der Waals surface area contributed by atoms with Crippen molar-refractivity contribution >= 4 is 43.9 Å². The van der Waals surface area contributed by atoms with E-state index in [4.69, 9.17) is 4.98 Å². The lowest BCUT2D eigenvalue weighted by atomic mass is 10.0. The Morgan fingerprint density at radius 1 is 0.962 bits per heavy atom. The summed E-state index contributed by atoms with van der Waals surface area (Å²) in [6, 6.07) is 14.3. The van der Waals surface area contributed by atoms with Gasteiger partial charge in [-0.2, -0.15) is 0 Å². The second-order valence-corrected chi connectivity index (χ2v) is 7.28. The summed E-state index contributed by atoms with van der Waals surface area (Å²) in [6.45, 7) is 4.11. The molecule has 0 fully saturated rings. The van der Waals surface area contributed by atoms with Crippen LogP contribution in [0.5, 0.6) is 0 Å². The third-order valence-electron chi connectivity index (χ3n) is 5.27. The molecule has 0 atom stereocenters. The molecular weight excluding hydrogens is 322 g/mol. The van der Waals surface area contributed by atoms with Gasteiger partial charge in [-0.15, -0.1) is 0 Å². The first kappa shape index (κ1) is 15.1. The molecule has 5 rings (SSSR count). The highest BCUT2D eigenvalue weighted by Crippen LogP contribution is 2.34. The fourth-order valence-electron chi connectivity index (χ4n) is 4.18. The Morgan fingerprint density at radius 3 is 2.50 bits per heavy atom. The Hall–Kier alpha value is -3.14. The molecule has 0 N–H and O–H groups in total. The molecule has 0 aliphatic carbocycles. The first-order valence-corrected chi connectivity index (χ1v) is 8.75. The average Bonchev–Trinajstić information content (AvgIpc) is 2.99. The van der Waals surface area contributed by atoms with Crippen molar-refractivity contribution in [3.63, 3.8) is 0 Å². The topological polar surface area (TPSA) is 37.6 Å². The van der Waals surface area contributed by atoms with Gasteiger partial charge in [0.15, 0.2) is 0 Å². The van der Waals surface area contributed by atoms with Crippen molar-refractivity contribution in [3.05, 3.63) is 63.9 Å². The van der Waals surface area contributed by atoms with Crippen LogP contribution in [0.2, 0.25) is 0 Å². The van der Waals surface area contributed by atoms with Crippen molar-refractivity contribution in [2.45, 2.75) is 13.8 Å². The van der Waals surface area contributed by atoms with Gasteiger partial charge in [-0.1, -0.05) is 24.3 Å². The highest BCUT2D eigenvalue weighted by Gasteiger charge is 2.18. The van der Waals surface area contributed by atoms with Gasteiger partial charge in [-0.3, -0.25) is 9.20 Å². The van der Waals surface area contributed by atoms with Crippen molar-refractivity contribution in [2.24, 2.45) is 0 Å². The smallest absolute Gasteiger partial charge is 0.264 e. The van der Waals surface area contributed by atoms with Crippen LogP contribution in [-0.4, -0.2) is 23.5 Å². The highest BCUT2D eigenvalue weighted by molar-refractivity contribution is 6.18. The third-order valence-corrected chi connectivity index (χ3v) is 5.27. The van der Waals surface area contributed by atoms with Crippen LogP contribution in [0.15, 0.2) is 47.3 Å². The van der Waals surface area contributed by atoms with E-state index in [0.29, 0.717) is 0 Å². The fraction of sp³-hybridized carbons (Fsp3) is 0.182. The van der Waals surface area contributed by atoms with Crippen LogP contribution in [0.25, 0.3) is 38.2 Å². The summed E-state index contributed by atoms with van der Waals surface area (Å²) >= 11 is 0. The predicted molar refractivity (Wildman–Crippen MR) is 109 cm³/mol. The summed E-state index contributed by atoms with van der Waals surface area (Å²) in [7, 11) is 4.05. The average molecular weight is 341 g/mol. The molecular formula is C22H19N3O. The Labute approximate surface area is 150 Å². The van der Waals surface area contributed by atoms with Crippen LogP contribution in [-0.2, 0) is 0 Å². The lowest BCUT2D eigenvalue weighted by Gasteiger charge is -2.17. The predicted octanol–water partition coefficient (Wildman–Crippen LogP) is 4.27. The Bertz CT molecular complexity index is 1400.